The Labute approximate surface area is 189 Å². The standard InChI is InChI=1S/C24H37F2N5O/c1-6-19(15(3)14(2)17(5)23(27)11-7-8-12-24(23,25)26)30-20-16(4)21(29-13-28-20)31-22(32)18-9-10-18/h13-15,18-19H,5-12,27H2,1-4H3,(H2,28,29,30,31,32)/t14?,15-,19+,23?/m0/s1. The zero-order chi connectivity index (χ0) is 23.7. The van der Waals surface area contributed by atoms with Gasteiger partial charge in [-0.15, -0.1) is 0 Å². The second-order valence-electron chi connectivity index (χ2n) is 9.67. The number of carbonyl (C=O) groups is 1. The van der Waals surface area contributed by atoms with E-state index in [-0.39, 0.29) is 42.5 Å². The number of halogens is 2. The summed E-state index contributed by atoms with van der Waals surface area (Å²) in [5.41, 5.74) is 5.82. The molecular weight excluding hydrogens is 412 g/mol. The highest BCUT2D eigenvalue weighted by atomic mass is 19.3. The fraction of sp³-hybridized carbons (Fsp3) is 0.708. The Balaban J connectivity index is 1.73. The second-order valence-corrected chi connectivity index (χ2v) is 9.67. The maximum absolute atomic E-state index is 14.8. The third-order valence-electron chi connectivity index (χ3n) is 7.55. The first kappa shape index (κ1) is 24.6. The van der Waals surface area contributed by atoms with Gasteiger partial charge in [0.1, 0.15) is 23.5 Å². The number of nitrogens with two attached hydrogens (primary N) is 1. The van der Waals surface area contributed by atoms with Gasteiger partial charge in [-0.2, -0.15) is 0 Å². The predicted octanol–water partition coefficient (Wildman–Crippen LogP) is 5.06. The highest BCUT2D eigenvalue weighted by molar-refractivity contribution is 5.94. The topological polar surface area (TPSA) is 92.9 Å². The van der Waals surface area contributed by atoms with Gasteiger partial charge in [0.05, 0.1) is 0 Å². The molecule has 1 aromatic rings. The van der Waals surface area contributed by atoms with Crippen LogP contribution in [0.2, 0.25) is 0 Å². The summed E-state index contributed by atoms with van der Waals surface area (Å²) >= 11 is 0. The number of amides is 1. The van der Waals surface area contributed by atoms with E-state index in [0.29, 0.717) is 30.1 Å². The number of rotatable bonds is 9. The molecule has 0 saturated heterocycles. The van der Waals surface area contributed by atoms with Crippen molar-refractivity contribution >= 4 is 17.5 Å². The maximum Gasteiger partial charge on any atom is 0.269 e. The molecule has 0 bridgehead atoms. The predicted molar refractivity (Wildman–Crippen MR) is 124 cm³/mol. The minimum absolute atomic E-state index is 0.00950. The average Bonchev–Trinajstić information content (AvgIpc) is 3.60. The van der Waals surface area contributed by atoms with Gasteiger partial charge in [-0.1, -0.05) is 33.8 Å². The highest BCUT2D eigenvalue weighted by Gasteiger charge is 2.55. The van der Waals surface area contributed by atoms with E-state index >= 15 is 0 Å². The number of alkyl halides is 2. The van der Waals surface area contributed by atoms with Gasteiger partial charge in [0.25, 0.3) is 5.92 Å². The van der Waals surface area contributed by atoms with Crippen LogP contribution in [0.3, 0.4) is 0 Å². The van der Waals surface area contributed by atoms with Crippen LogP contribution in [-0.2, 0) is 4.79 Å². The summed E-state index contributed by atoms with van der Waals surface area (Å²) in [5.74, 6) is -1.96. The largest absolute Gasteiger partial charge is 0.367 e. The molecule has 2 fully saturated rings. The molecule has 0 aromatic carbocycles. The van der Waals surface area contributed by atoms with E-state index in [0.717, 1.165) is 24.8 Å². The zero-order valence-corrected chi connectivity index (χ0v) is 19.7. The molecule has 2 aliphatic carbocycles. The van der Waals surface area contributed by atoms with Crippen LogP contribution >= 0.6 is 0 Å². The molecule has 2 saturated carbocycles. The average molecular weight is 450 g/mol. The first-order chi connectivity index (χ1) is 15.0. The van der Waals surface area contributed by atoms with Crippen LogP contribution in [0, 0.1) is 24.7 Å². The highest BCUT2D eigenvalue weighted by Crippen LogP contribution is 2.47. The quantitative estimate of drug-likeness (QED) is 0.458. The minimum atomic E-state index is -2.94. The molecule has 1 heterocycles. The molecule has 2 unspecified atom stereocenters. The van der Waals surface area contributed by atoms with Gasteiger partial charge in [0.15, 0.2) is 0 Å². The molecule has 0 aliphatic heterocycles. The summed E-state index contributed by atoms with van der Waals surface area (Å²) in [4.78, 5) is 20.7. The molecule has 4 N–H and O–H groups in total. The Kier molecular flexibility index (Phi) is 7.22. The summed E-state index contributed by atoms with van der Waals surface area (Å²) in [7, 11) is 0. The van der Waals surface area contributed by atoms with E-state index in [1.165, 1.54) is 6.33 Å². The van der Waals surface area contributed by atoms with Gasteiger partial charge in [-0.25, -0.2) is 18.7 Å². The monoisotopic (exact) mass is 449 g/mol. The van der Waals surface area contributed by atoms with Crippen LogP contribution in [0.1, 0.15) is 71.3 Å². The molecule has 4 atom stereocenters. The van der Waals surface area contributed by atoms with Crippen molar-refractivity contribution in [3.8, 4) is 0 Å². The van der Waals surface area contributed by atoms with Gasteiger partial charge >= 0.3 is 0 Å². The number of carbonyl (C=O) groups excluding carboxylic acids is 1. The van der Waals surface area contributed by atoms with Crippen molar-refractivity contribution in [2.24, 2.45) is 23.5 Å². The van der Waals surface area contributed by atoms with Crippen LogP contribution in [0.15, 0.2) is 18.5 Å². The van der Waals surface area contributed by atoms with E-state index in [1.807, 2.05) is 27.7 Å². The summed E-state index contributed by atoms with van der Waals surface area (Å²) in [6.45, 7) is 12.0. The van der Waals surface area contributed by atoms with Gasteiger partial charge < -0.3 is 16.4 Å². The third-order valence-corrected chi connectivity index (χ3v) is 7.55. The second kappa shape index (κ2) is 9.41. The summed E-state index contributed by atoms with van der Waals surface area (Å²) in [5, 5.41) is 6.34. The van der Waals surface area contributed by atoms with Crippen molar-refractivity contribution in [1.29, 1.82) is 0 Å². The molecule has 6 nitrogen and oxygen atoms in total. The van der Waals surface area contributed by atoms with Crippen molar-refractivity contribution in [1.82, 2.24) is 9.97 Å². The Morgan fingerprint density at radius 1 is 1.25 bits per heavy atom. The Morgan fingerprint density at radius 3 is 2.47 bits per heavy atom. The molecule has 0 spiro atoms. The molecule has 3 rings (SSSR count). The first-order valence-corrected chi connectivity index (χ1v) is 11.8. The van der Waals surface area contributed by atoms with E-state index in [2.05, 4.69) is 27.2 Å². The molecule has 1 amide bonds. The van der Waals surface area contributed by atoms with E-state index in [9.17, 15) is 13.6 Å². The fourth-order valence-electron chi connectivity index (χ4n) is 4.69. The van der Waals surface area contributed by atoms with Crippen molar-refractivity contribution in [3.63, 3.8) is 0 Å². The SMILES string of the molecule is C=C(C(C)[C@H](C)[C@@H](CC)Nc1ncnc(NC(=O)C2CC2)c1C)C1(N)CCCCC1(F)F. The smallest absolute Gasteiger partial charge is 0.269 e. The molecule has 0 radical (unpaired) electrons. The van der Waals surface area contributed by atoms with Crippen LogP contribution in [0.25, 0.3) is 0 Å². The lowest BCUT2D eigenvalue weighted by Gasteiger charge is -2.45. The summed E-state index contributed by atoms with van der Waals surface area (Å²) in [6.07, 6.45) is 5.28. The number of nitrogens with one attached hydrogen (secondary N) is 2. The van der Waals surface area contributed by atoms with Crippen molar-refractivity contribution in [2.45, 2.75) is 90.1 Å². The van der Waals surface area contributed by atoms with Crippen LogP contribution in [-0.4, -0.2) is 33.4 Å². The van der Waals surface area contributed by atoms with Gasteiger partial charge in [-0.3, -0.25) is 4.79 Å². The molecule has 178 valence electrons. The summed E-state index contributed by atoms with van der Waals surface area (Å²) < 4.78 is 29.5. The number of anilines is 2. The Morgan fingerprint density at radius 2 is 1.88 bits per heavy atom. The molecule has 2 aliphatic rings. The van der Waals surface area contributed by atoms with Crippen molar-refractivity contribution < 1.29 is 13.6 Å². The molecule has 32 heavy (non-hydrogen) atoms. The van der Waals surface area contributed by atoms with Crippen molar-refractivity contribution in [2.75, 3.05) is 10.6 Å². The maximum atomic E-state index is 14.8. The van der Waals surface area contributed by atoms with Gasteiger partial charge in [0, 0.05) is 23.9 Å². The fourth-order valence-corrected chi connectivity index (χ4v) is 4.69. The number of hydrogen-bond acceptors (Lipinski definition) is 5. The van der Waals surface area contributed by atoms with Gasteiger partial charge in [0.2, 0.25) is 5.91 Å². The first-order valence-electron chi connectivity index (χ1n) is 11.8. The van der Waals surface area contributed by atoms with Crippen LogP contribution in [0.5, 0.6) is 0 Å². The number of nitrogens with zero attached hydrogens (tertiary/aromatic N) is 2. The van der Waals surface area contributed by atoms with Crippen molar-refractivity contribution in [3.05, 3.63) is 24.0 Å². The number of hydrogen-bond donors (Lipinski definition) is 3. The normalized spacial score (nSPS) is 25.5. The minimum Gasteiger partial charge on any atom is -0.367 e. The number of aromatic nitrogens is 2. The Hall–Kier alpha value is -2.09. The molecular formula is C24H37F2N5O. The van der Waals surface area contributed by atoms with Gasteiger partial charge in [-0.05, 0) is 56.4 Å². The lowest BCUT2D eigenvalue weighted by atomic mass is 9.68. The van der Waals surface area contributed by atoms with E-state index in [1.54, 1.807) is 0 Å². The molecule has 8 heteroatoms. The van der Waals surface area contributed by atoms with E-state index in [4.69, 9.17) is 5.73 Å². The van der Waals surface area contributed by atoms with Crippen LogP contribution in [0.4, 0.5) is 20.4 Å². The van der Waals surface area contributed by atoms with E-state index < -0.39 is 11.5 Å². The van der Waals surface area contributed by atoms with Crippen LogP contribution < -0.4 is 16.4 Å². The lowest BCUT2D eigenvalue weighted by Crippen LogP contribution is -2.60. The Bertz CT molecular complexity index is 857. The summed E-state index contributed by atoms with van der Waals surface area (Å²) in [6, 6.07) is -0.0388. The lowest BCUT2D eigenvalue weighted by molar-refractivity contribution is -0.117. The zero-order valence-electron chi connectivity index (χ0n) is 19.7. The molecule has 1 aromatic heterocycles. The third kappa shape index (κ3) is 4.80.